The highest BCUT2D eigenvalue weighted by Crippen LogP contribution is 2.29. The molecule has 5 heteroatoms. The van der Waals surface area contributed by atoms with Gasteiger partial charge < -0.3 is 15.0 Å². The Morgan fingerprint density at radius 3 is 3.15 bits per heavy atom. The quantitative estimate of drug-likeness (QED) is 0.833. The van der Waals surface area contributed by atoms with E-state index in [0.717, 1.165) is 30.2 Å². The van der Waals surface area contributed by atoms with E-state index in [4.69, 9.17) is 5.26 Å². The maximum Gasteiger partial charge on any atom is 0.407 e. The number of nitrogens with one attached hydrogen (secondary N) is 2. The molecule has 5 nitrogen and oxygen atoms in total. The Morgan fingerprint density at radius 2 is 2.40 bits per heavy atom. The van der Waals surface area contributed by atoms with Gasteiger partial charge >= 0.3 is 6.09 Å². The first-order valence-corrected chi connectivity index (χ1v) is 6.59. The Hall–Kier alpha value is -2.48. The van der Waals surface area contributed by atoms with Crippen LogP contribution >= 0.6 is 0 Å². The molecular formula is C15H15N3O2. The summed E-state index contributed by atoms with van der Waals surface area (Å²) in [5.41, 5.74) is 4.11. The second kappa shape index (κ2) is 4.89. The van der Waals surface area contributed by atoms with E-state index in [-0.39, 0.29) is 6.04 Å². The van der Waals surface area contributed by atoms with Crippen molar-refractivity contribution in [2.75, 3.05) is 7.11 Å². The van der Waals surface area contributed by atoms with E-state index in [1.807, 2.05) is 18.2 Å². The predicted molar refractivity (Wildman–Crippen MR) is 74.4 cm³/mol. The van der Waals surface area contributed by atoms with Gasteiger partial charge in [-0.05, 0) is 43.0 Å². The molecule has 2 N–H and O–H groups in total. The Labute approximate surface area is 116 Å². The van der Waals surface area contributed by atoms with Crippen LogP contribution in [0.3, 0.4) is 0 Å². The maximum atomic E-state index is 11.3. The number of alkyl carbamates (subject to hydrolysis) is 1. The number of carbonyl (C=O) groups excluding carboxylic acids is 1. The fourth-order valence-corrected chi connectivity index (χ4v) is 2.84. The molecule has 0 saturated heterocycles. The van der Waals surface area contributed by atoms with Crippen LogP contribution in [0, 0.1) is 11.3 Å². The highest BCUT2D eigenvalue weighted by molar-refractivity contribution is 5.86. The first kappa shape index (κ1) is 12.5. The Morgan fingerprint density at radius 1 is 1.55 bits per heavy atom. The number of aryl methyl sites for hydroxylation is 1. The molecule has 1 aliphatic rings. The molecule has 0 saturated carbocycles. The van der Waals surface area contributed by atoms with Crippen LogP contribution in [0.1, 0.15) is 23.2 Å². The zero-order valence-corrected chi connectivity index (χ0v) is 11.2. The standard InChI is InChI=1S/C15H15N3O2/c1-20-15(19)17-10-3-5-14-12(7-10)11-6-9(8-16)2-4-13(11)18-14/h2,4,6,10,18H,3,5,7H2,1H3,(H,17,19)/t10-/m1/s1. The number of H-pyrrole nitrogens is 1. The van der Waals surface area contributed by atoms with Gasteiger partial charge in [0.25, 0.3) is 0 Å². The normalized spacial score (nSPS) is 17.3. The summed E-state index contributed by atoms with van der Waals surface area (Å²) >= 11 is 0. The van der Waals surface area contributed by atoms with Crippen LogP contribution in [-0.4, -0.2) is 24.2 Å². The van der Waals surface area contributed by atoms with E-state index in [2.05, 4.69) is 21.1 Å². The van der Waals surface area contributed by atoms with Crippen molar-refractivity contribution in [2.45, 2.75) is 25.3 Å². The van der Waals surface area contributed by atoms with E-state index in [1.54, 1.807) is 0 Å². The van der Waals surface area contributed by atoms with E-state index in [0.29, 0.717) is 5.56 Å². The summed E-state index contributed by atoms with van der Waals surface area (Å²) in [5.74, 6) is 0. The number of fused-ring (bicyclic) bond motifs is 3. The van der Waals surface area contributed by atoms with Crippen molar-refractivity contribution >= 4 is 17.0 Å². The number of aromatic amines is 1. The van der Waals surface area contributed by atoms with Crippen LogP contribution in [-0.2, 0) is 17.6 Å². The molecule has 0 unspecified atom stereocenters. The fourth-order valence-electron chi connectivity index (χ4n) is 2.84. The zero-order chi connectivity index (χ0) is 14.1. The Balaban J connectivity index is 1.95. The van der Waals surface area contributed by atoms with E-state index >= 15 is 0 Å². The number of ether oxygens (including phenoxy) is 1. The van der Waals surface area contributed by atoms with Crippen molar-refractivity contribution in [3.8, 4) is 6.07 Å². The lowest BCUT2D eigenvalue weighted by Gasteiger charge is -2.22. The summed E-state index contributed by atoms with van der Waals surface area (Å²) in [7, 11) is 1.37. The first-order valence-electron chi connectivity index (χ1n) is 6.59. The van der Waals surface area contributed by atoms with Crippen molar-refractivity contribution < 1.29 is 9.53 Å². The molecule has 20 heavy (non-hydrogen) atoms. The molecule has 1 aromatic heterocycles. The van der Waals surface area contributed by atoms with Crippen LogP contribution in [0.4, 0.5) is 4.79 Å². The molecule has 102 valence electrons. The second-order valence-electron chi connectivity index (χ2n) is 5.03. The minimum Gasteiger partial charge on any atom is -0.453 e. The molecule has 0 fully saturated rings. The summed E-state index contributed by atoms with van der Waals surface area (Å²) < 4.78 is 4.65. The van der Waals surface area contributed by atoms with Gasteiger partial charge in [0.2, 0.25) is 0 Å². The number of benzene rings is 1. The number of hydrogen-bond donors (Lipinski definition) is 2. The fraction of sp³-hybridized carbons (Fsp3) is 0.333. The van der Waals surface area contributed by atoms with E-state index in [9.17, 15) is 4.79 Å². The number of amides is 1. The lowest BCUT2D eigenvalue weighted by molar-refractivity contribution is 0.165. The van der Waals surface area contributed by atoms with E-state index in [1.165, 1.54) is 18.4 Å². The lowest BCUT2D eigenvalue weighted by Crippen LogP contribution is -2.38. The minimum atomic E-state index is -0.393. The van der Waals surface area contributed by atoms with Gasteiger partial charge in [-0.15, -0.1) is 0 Å². The molecule has 1 amide bonds. The summed E-state index contributed by atoms with van der Waals surface area (Å²) in [5, 5.41) is 12.9. The van der Waals surface area contributed by atoms with Gasteiger partial charge in [0.15, 0.2) is 0 Å². The predicted octanol–water partition coefficient (Wildman–Crippen LogP) is 2.25. The van der Waals surface area contributed by atoms with Crippen molar-refractivity contribution in [1.82, 2.24) is 10.3 Å². The van der Waals surface area contributed by atoms with Crippen LogP contribution in [0.2, 0.25) is 0 Å². The summed E-state index contributed by atoms with van der Waals surface area (Å²) in [6, 6.07) is 7.91. The number of carbonyl (C=O) groups is 1. The first-order chi connectivity index (χ1) is 9.71. The third-order valence-electron chi connectivity index (χ3n) is 3.82. The molecular weight excluding hydrogens is 254 g/mol. The lowest BCUT2D eigenvalue weighted by atomic mass is 9.91. The molecule has 2 aromatic rings. The molecule has 0 radical (unpaired) electrons. The van der Waals surface area contributed by atoms with E-state index < -0.39 is 6.09 Å². The van der Waals surface area contributed by atoms with Gasteiger partial charge in [-0.1, -0.05) is 0 Å². The minimum absolute atomic E-state index is 0.0830. The van der Waals surface area contributed by atoms with Crippen molar-refractivity contribution in [3.63, 3.8) is 0 Å². The van der Waals surface area contributed by atoms with Gasteiger partial charge in [-0.2, -0.15) is 5.26 Å². The van der Waals surface area contributed by atoms with Crippen molar-refractivity contribution in [1.29, 1.82) is 5.26 Å². The maximum absolute atomic E-state index is 11.3. The van der Waals surface area contributed by atoms with Gasteiger partial charge in [0.05, 0.1) is 18.7 Å². The molecule has 0 aliphatic heterocycles. The third kappa shape index (κ3) is 2.10. The average Bonchev–Trinajstić information content (AvgIpc) is 2.84. The van der Waals surface area contributed by atoms with Crippen LogP contribution in [0.15, 0.2) is 18.2 Å². The molecule has 1 heterocycles. The smallest absolute Gasteiger partial charge is 0.407 e. The molecule has 1 aromatic carbocycles. The van der Waals surface area contributed by atoms with Crippen molar-refractivity contribution in [2.24, 2.45) is 0 Å². The van der Waals surface area contributed by atoms with Crippen LogP contribution < -0.4 is 5.32 Å². The molecule has 3 rings (SSSR count). The number of aromatic nitrogens is 1. The summed E-state index contributed by atoms with van der Waals surface area (Å²) in [4.78, 5) is 14.7. The third-order valence-corrected chi connectivity index (χ3v) is 3.82. The molecule has 1 aliphatic carbocycles. The highest BCUT2D eigenvalue weighted by Gasteiger charge is 2.23. The molecule has 1 atom stereocenters. The molecule has 0 bridgehead atoms. The van der Waals surface area contributed by atoms with Gasteiger partial charge in [-0.3, -0.25) is 0 Å². The Bertz CT molecular complexity index is 712. The van der Waals surface area contributed by atoms with Gasteiger partial charge in [0, 0.05) is 22.6 Å². The summed E-state index contributed by atoms with van der Waals surface area (Å²) in [6.45, 7) is 0. The number of rotatable bonds is 1. The Kier molecular flexibility index (Phi) is 3.07. The number of nitriles is 1. The van der Waals surface area contributed by atoms with Crippen molar-refractivity contribution in [3.05, 3.63) is 35.0 Å². The zero-order valence-electron chi connectivity index (χ0n) is 11.2. The number of hydrogen-bond acceptors (Lipinski definition) is 3. The summed E-state index contributed by atoms with van der Waals surface area (Å²) in [6.07, 6.45) is 2.15. The average molecular weight is 269 g/mol. The number of methoxy groups -OCH3 is 1. The SMILES string of the molecule is COC(=O)N[C@@H]1CCc2[nH]c3ccc(C#N)cc3c2C1. The topological polar surface area (TPSA) is 77.9 Å². The van der Waals surface area contributed by atoms with Gasteiger partial charge in [0.1, 0.15) is 0 Å². The van der Waals surface area contributed by atoms with Crippen LogP contribution in [0.25, 0.3) is 10.9 Å². The highest BCUT2D eigenvalue weighted by atomic mass is 16.5. The monoisotopic (exact) mass is 269 g/mol. The number of nitrogens with zero attached hydrogens (tertiary/aromatic N) is 1. The molecule has 0 spiro atoms. The largest absolute Gasteiger partial charge is 0.453 e. The van der Waals surface area contributed by atoms with Gasteiger partial charge in [-0.25, -0.2) is 4.79 Å². The second-order valence-corrected chi connectivity index (χ2v) is 5.03. The van der Waals surface area contributed by atoms with Crippen LogP contribution in [0.5, 0.6) is 0 Å².